The SMILES string of the molecule is O=C(O)C1CCC(O)(Cn2cc(I)cn2)CC1. The first-order valence-corrected chi connectivity index (χ1v) is 6.69. The number of halogens is 1. The van der Waals surface area contributed by atoms with Gasteiger partial charge in [-0.3, -0.25) is 9.48 Å². The van der Waals surface area contributed by atoms with Crippen LogP contribution in [0.4, 0.5) is 0 Å². The van der Waals surface area contributed by atoms with Gasteiger partial charge in [0.25, 0.3) is 0 Å². The molecule has 2 N–H and O–H groups in total. The molecule has 1 fully saturated rings. The number of aliphatic hydroxyl groups is 1. The Bertz CT molecular complexity index is 411. The average Bonchev–Trinajstić information content (AvgIpc) is 2.63. The Morgan fingerprint density at radius 1 is 1.59 bits per heavy atom. The van der Waals surface area contributed by atoms with Gasteiger partial charge in [0.1, 0.15) is 0 Å². The molecular formula is C11H15IN2O3. The van der Waals surface area contributed by atoms with Crippen LogP contribution in [0.3, 0.4) is 0 Å². The predicted molar refractivity (Wildman–Crippen MR) is 69.5 cm³/mol. The molecule has 0 aromatic carbocycles. The highest BCUT2D eigenvalue weighted by molar-refractivity contribution is 14.1. The Hall–Kier alpha value is -0.630. The summed E-state index contributed by atoms with van der Waals surface area (Å²) in [6, 6.07) is 0. The summed E-state index contributed by atoms with van der Waals surface area (Å²) in [5.74, 6) is -1.05. The number of carboxylic acids is 1. The zero-order valence-electron chi connectivity index (χ0n) is 9.34. The Morgan fingerprint density at radius 2 is 2.24 bits per heavy atom. The number of rotatable bonds is 3. The molecule has 0 atom stereocenters. The Balaban J connectivity index is 1.95. The second-order valence-electron chi connectivity index (χ2n) is 4.69. The minimum atomic E-state index is -0.805. The number of aromatic nitrogens is 2. The average molecular weight is 350 g/mol. The van der Waals surface area contributed by atoms with Crippen LogP contribution in [0.15, 0.2) is 12.4 Å². The molecule has 0 bridgehead atoms. The van der Waals surface area contributed by atoms with Crippen molar-refractivity contribution in [2.75, 3.05) is 0 Å². The van der Waals surface area contributed by atoms with Crippen molar-refractivity contribution in [2.45, 2.75) is 37.8 Å². The van der Waals surface area contributed by atoms with E-state index in [0.29, 0.717) is 32.2 Å². The van der Waals surface area contributed by atoms with Gasteiger partial charge in [-0.15, -0.1) is 0 Å². The molecule has 1 aromatic rings. The van der Waals surface area contributed by atoms with Gasteiger partial charge in [-0.2, -0.15) is 5.10 Å². The Morgan fingerprint density at radius 3 is 2.71 bits per heavy atom. The third-order valence-corrected chi connectivity index (χ3v) is 3.88. The van der Waals surface area contributed by atoms with Gasteiger partial charge in [-0.05, 0) is 48.3 Å². The molecule has 0 amide bonds. The minimum absolute atomic E-state index is 0.298. The highest BCUT2D eigenvalue weighted by Gasteiger charge is 2.36. The van der Waals surface area contributed by atoms with Crippen molar-refractivity contribution in [2.24, 2.45) is 5.92 Å². The molecule has 1 saturated carbocycles. The van der Waals surface area contributed by atoms with Gasteiger partial charge in [0.15, 0.2) is 0 Å². The van der Waals surface area contributed by atoms with Gasteiger partial charge in [-0.1, -0.05) is 0 Å². The van der Waals surface area contributed by atoms with Crippen molar-refractivity contribution in [1.82, 2.24) is 9.78 Å². The number of nitrogens with zero attached hydrogens (tertiary/aromatic N) is 2. The fraction of sp³-hybridized carbons (Fsp3) is 0.636. The highest BCUT2D eigenvalue weighted by atomic mass is 127. The van der Waals surface area contributed by atoms with Crippen LogP contribution in [0.25, 0.3) is 0 Å². The van der Waals surface area contributed by atoms with Crippen LogP contribution in [0.1, 0.15) is 25.7 Å². The van der Waals surface area contributed by atoms with Crippen molar-refractivity contribution in [3.05, 3.63) is 16.0 Å². The fourth-order valence-electron chi connectivity index (χ4n) is 2.29. The smallest absolute Gasteiger partial charge is 0.306 e. The van der Waals surface area contributed by atoms with E-state index in [2.05, 4.69) is 27.7 Å². The molecule has 0 spiro atoms. The molecular weight excluding hydrogens is 335 g/mol. The highest BCUT2D eigenvalue weighted by Crippen LogP contribution is 2.33. The molecule has 1 aliphatic rings. The second kappa shape index (κ2) is 4.93. The third-order valence-electron chi connectivity index (χ3n) is 3.32. The normalized spacial score (nSPS) is 29.2. The first kappa shape index (κ1) is 12.8. The maximum atomic E-state index is 10.8. The molecule has 6 heteroatoms. The van der Waals surface area contributed by atoms with E-state index in [9.17, 15) is 9.90 Å². The van der Waals surface area contributed by atoms with Crippen LogP contribution in [0, 0.1) is 9.49 Å². The van der Waals surface area contributed by atoms with Gasteiger partial charge < -0.3 is 10.2 Å². The van der Waals surface area contributed by atoms with E-state index >= 15 is 0 Å². The number of hydrogen-bond donors (Lipinski definition) is 2. The second-order valence-corrected chi connectivity index (χ2v) is 5.94. The summed E-state index contributed by atoms with van der Waals surface area (Å²) in [4.78, 5) is 10.8. The number of aliphatic carboxylic acids is 1. The molecule has 1 heterocycles. The summed E-state index contributed by atoms with van der Waals surface area (Å²) in [5, 5.41) is 23.4. The largest absolute Gasteiger partial charge is 0.481 e. The summed E-state index contributed by atoms with van der Waals surface area (Å²) >= 11 is 2.17. The van der Waals surface area contributed by atoms with Crippen LogP contribution in [0.5, 0.6) is 0 Å². The molecule has 0 aliphatic heterocycles. The van der Waals surface area contributed by atoms with Gasteiger partial charge in [0.05, 0.1) is 27.8 Å². The molecule has 1 aliphatic carbocycles. The lowest BCUT2D eigenvalue weighted by Crippen LogP contribution is -2.39. The van der Waals surface area contributed by atoms with Crippen LogP contribution in [-0.4, -0.2) is 31.6 Å². The summed E-state index contributed by atoms with van der Waals surface area (Å²) in [6.07, 6.45) is 5.77. The standard InChI is InChI=1S/C11H15IN2O3/c12-9-5-13-14(6-9)7-11(17)3-1-8(2-4-11)10(15)16/h5-6,8,17H,1-4,7H2,(H,15,16). The van der Waals surface area contributed by atoms with E-state index < -0.39 is 11.6 Å². The van der Waals surface area contributed by atoms with Crippen LogP contribution in [0.2, 0.25) is 0 Å². The minimum Gasteiger partial charge on any atom is -0.481 e. The zero-order chi connectivity index (χ0) is 12.5. The zero-order valence-corrected chi connectivity index (χ0v) is 11.5. The predicted octanol–water partition coefficient (Wildman–Crippen LogP) is 1.49. The van der Waals surface area contributed by atoms with Crippen molar-refractivity contribution in [3.8, 4) is 0 Å². The Kier molecular flexibility index (Phi) is 3.72. The molecule has 17 heavy (non-hydrogen) atoms. The van der Waals surface area contributed by atoms with Gasteiger partial charge >= 0.3 is 5.97 Å². The molecule has 2 rings (SSSR count). The van der Waals surface area contributed by atoms with E-state index in [4.69, 9.17) is 5.11 Å². The molecule has 1 aromatic heterocycles. The Labute approximate surface area is 113 Å². The van der Waals surface area contributed by atoms with Crippen molar-refractivity contribution >= 4 is 28.6 Å². The summed E-state index contributed by atoms with van der Waals surface area (Å²) in [7, 11) is 0. The molecule has 0 saturated heterocycles. The lowest BCUT2D eigenvalue weighted by atomic mass is 9.79. The van der Waals surface area contributed by atoms with Crippen molar-refractivity contribution < 1.29 is 15.0 Å². The van der Waals surface area contributed by atoms with Gasteiger partial charge in [-0.25, -0.2) is 0 Å². The topological polar surface area (TPSA) is 75.3 Å². The molecule has 0 radical (unpaired) electrons. The van der Waals surface area contributed by atoms with Crippen LogP contribution in [-0.2, 0) is 11.3 Å². The van der Waals surface area contributed by atoms with E-state index in [0.717, 1.165) is 3.57 Å². The first-order valence-electron chi connectivity index (χ1n) is 5.62. The lowest BCUT2D eigenvalue weighted by molar-refractivity contribution is -0.145. The monoisotopic (exact) mass is 350 g/mol. The van der Waals surface area contributed by atoms with Crippen molar-refractivity contribution in [3.63, 3.8) is 0 Å². The van der Waals surface area contributed by atoms with E-state index in [1.54, 1.807) is 10.9 Å². The fourth-order valence-corrected chi connectivity index (χ4v) is 2.73. The van der Waals surface area contributed by atoms with Crippen molar-refractivity contribution in [1.29, 1.82) is 0 Å². The summed E-state index contributed by atoms with van der Waals surface area (Å²) in [5.41, 5.74) is -0.805. The van der Waals surface area contributed by atoms with E-state index in [-0.39, 0.29) is 5.92 Å². The number of carboxylic acid groups (broad SMARTS) is 1. The van der Waals surface area contributed by atoms with Crippen LogP contribution < -0.4 is 0 Å². The van der Waals surface area contributed by atoms with Gasteiger partial charge in [0, 0.05) is 6.20 Å². The summed E-state index contributed by atoms with van der Waals surface area (Å²) < 4.78 is 2.76. The van der Waals surface area contributed by atoms with E-state index in [1.165, 1.54) is 0 Å². The van der Waals surface area contributed by atoms with E-state index in [1.807, 2.05) is 6.20 Å². The van der Waals surface area contributed by atoms with Crippen LogP contribution >= 0.6 is 22.6 Å². The lowest BCUT2D eigenvalue weighted by Gasteiger charge is -2.34. The summed E-state index contributed by atoms with van der Waals surface area (Å²) in [6.45, 7) is 0.447. The maximum Gasteiger partial charge on any atom is 0.306 e. The number of carbonyl (C=O) groups is 1. The number of hydrogen-bond acceptors (Lipinski definition) is 3. The quantitative estimate of drug-likeness (QED) is 0.810. The maximum absolute atomic E-state index is 10.8. The third kappa shape index (κ3) is 3.19. The molecule has 94 valence electrons. The molecule has 5 nitrogen and oxygen atoms in total. The molecule has 0 unspecified atom stereocenters. The first-order chi connectivity index (χ1) is 7.98. The van der Waals surface area contributed by atoms with Gasteiger partial charge in [0.2, 0.25) is 0 Å².